The van der Waals surface area contributed by atoms with Crippen LogP contribution in [0.2, 0.25) is 5.02 Å². The number of hydrogen-bond acceptors (Lipinski definition) is 7. The zero-order chi connectivity index (χ0) is 31.9. The Labute approximate surface area is 273 Å². The van der Waals surface area contributed by atoms with E-state index >= 15 is 0 Å². The Hall–Kier alpha value is -4.80. The van der Waals surface area contributed by atoms with Gasteiger partial charge in [0.05, 0.1) is 37.6 Å². The number of carbonyl (C=O) groups excluding carboxylic acids is 2. The maximum absolute atomic E-state index is 13.6. The lowest BCUT2D eigenvalue weighted by molar-refractivity contribution is 0.0733. The number of aromatic amines is 1. The second-order valence-electron chi connectivity index (χ2n) is 9.51. The molecule has 0 aliphatic rings. The number of halogens is 2. The van der Waals surface area contributed by atoms with Gasteiger partial charge in [0.25, 0.3) is 5.91 Å². The second-order valence-corrected chi connectivity index (χ2v) is 10.8. The summed E-state index contributed by atoms with van der Waals surface area (Å²) in [6, 6.07) is 22.6. The van der Waals surface area contributed by atoms with Crippen LogP contribution in [0, 0.1) is 0 Å². The minimum absolute atomic E-state index is 0.237. The summed E-state index contributed by atoms with van der Waals surface area (Å²) in [5.41, 5.74) is 5.43. The SMILES string of the molecule is CCOc1ccc(C(=O)Oc2ccccc2C=NNC(=O)c2[nH]c3c(OC)ccc(Br)c3c2-c2ccccc2Cl)cc1OCC. The van der Waals surface area contributed by atoms with E-state index in [-0.39, 0.29) is 17.0 Å². The molecule has 0 unspecified atom stereocenters. The predicted octanol–water partition coefficient (Wildman–Crippen LogP) is 8.04. The number of nitrogens with one attached hydrogen (secondary N) is 2. The van der Waals surface area contributed by atoms with Crippen LogP contribution in [0.4, 0.5) is 0 Å². The zero-order valence-electron chi connectivity index (χ0n) is 24.6. The molecule has 5 aromatic rings. The number of hydrazone groups is 1. The third kappa shape index (κ3) is 6.82. The minimum Gasteiger partial charge on any atom is -0.495 e. The molecule has 0 fully saturated rings. The van der Waals surface area contributed by atoms with Gasteiger partial charge in [-0.15, -0.1) is 0 Å². The Bertz CT molecular complexity index is 1900. The summed E-state index contributed by atoms with van der Waals surface area (Å²) < 4.78 is 23.2. The van der Waals surface area contributed by atoms with Crippen LogP contribution in [0.5, 0.6) is 23.0 Å². The monoisotopic (exact) mass is 689 g/mol. The van der Waals surface area contributed by atoms with Crippen molar-refractivity contribution < 1.29 is 28.5 Å². The molecule has 0 atom stereocenters. The van der Waals surface area contributed by atoms with Crippen LogP contribution in [-0.4, -0.2) is 43.4 Å². The third-order valence-electron chi connectivity index (χ3n) is 6.73. The first-order valence-electron chi connectivity index (χ1n) is 14.0. The number of aromatic nitrogens is 1. The van der Waals surface area contributed by atoms with Crippen LogP contribution in [0.3, 0.4) is 0 Å². The molecule has 0 aliphatic heterocycles. The van der Waals surface area contributed by atoms with Gasteiger partial charge >= 0.3 is 5.97 Å². The summed E-state index contributed by atoms with van der Waals surface area (Å²) >= 11 is 10.2. The van der Waals surface area contributed by atoms with Gasteiger partial charge in [0, 0.05) is 31.6 Å². The number of nitrogens with zero attached hydrogens (tertiary/aromatic N) is 1. The Kier molecular flexibility index (Phi) is 10.1. The number of benzene rings is 4. The molecular weight excluding hydrogens is 662 g/mol. The van der Waals surface area contributed by atoms with Gasteiger partial charge in [-0.05, 0) is 62.4 Å². The highest BCUT2D eigenvalue weighted by atomic mass is 79.9. The van der Waals surface area contributed by atoms with E-state index in [2.05, 4.69) is 31.4 Å². The highest BCUT2D eigenvalue weighted by Gasteiger charge is 2.24. The van der Waals surface area contributed by atoms with Crippen molar-refractivity contribution in [2.45, 2.75) is 13.8 Å². The average Bonchev–Trinajstić information content (AvgIpc) is 3.45. The summed E-state index contributed by atoms with van der Waals surface area (Å²) in [6.07, 6.45) is 1.40. The third-order valence-corrected chi connectivity index (χ3v) is 7.72. The lowest BCUT2D eigenvalue weighted by Gasteiger charge is -2.12. The van der Waals surface area contributed by atoms with E-state index in [0.717, 1.165) is 9.86 Å². The van der Waals surface area contributed by atoms with Gasteiger partial charge < -0.3 is 23.9 Å². The molecule has 2 N–H and O–H groups in total. The van der Waals surface area contributed by atoms with Crippen molar-refractivity contribution >= 4 is 56.5 Å². The Morgan fingerprint density at radius 2 is 1.62 bits per heavy atom. The summed E-state index contributed by atoms with van der Waals surface area (Å²) in [4.78, 5) is 29.8. The maximum Gasteiger partial charge on any atom is 0.343 e. The second kappa shape index (κ2) is 14.3. The quantitative estimate of drug-likeness (QED) is 0.0628. The number of carbonyl (C=O) groups is 2. The van der Waals surface area contributed by atoms with Crippen LogP contribution in [-0.2, 0) is 0 Å². The van der Waals surface area contributed by atoms with Crippen molar-refractivity contribution in [2.24, 2.45) is 5.10 Å². The lowest BCUT2D eigenvalue weighted by atomic mass is 10.0. The molecule has 0 radical (unpaired) electrons. The van der Waals surface area contributed by atoms with Gasteiger partial charge in [0.1, 0.15) is 17.2 Å². The molecule has 0 spiro atoms. The van der Waals surface area contributed by atoms with Crippen LogP contribution in [0.1, 0.15) is 40.3 Å². The standard InChI is InChI=1S/C34H29BrClN3O6/c1-4-43-26-16-14-20(18-28(26)44-5-2)34(41)45-25-13-9-6-10-21(25)19-37-39-33(40)32-29(22-11-7-8-12-24(22)36)30-23(35)15-17-27(42-3)31(30)38-32/h6-19,38H,4-5H2,1-3H3,(H,39,40). The highest BCUT2D eigenvalue weighted by Crippen LogP contribution is 2.43. The lowest BCUT2D eigenvalue weighted by Crippen LogP contribution is -2.19. The molecule has 9 nitrogen and oxygen atoms in total. The fourth-order valence-corrected chi connectivity index (χ4v) is 5.51. The Morgan fingerprint density at radius 1 is 0.911 bits per heavy atom. The molecule has 4 aromatic carbocycles. The van der Waals surface area contributed by atoms with E-state index in [1.54, 1.807) is 61.7 Å². The normalized spacial score (nSPS) is 11.0. The molecule has 5 rings (SSSR count). The van der Waals surface area contributed by atoms with Gasteiger partial charge in [-0.25, -0.2) is 10.2 Å². The smallest absolute Gasteiger partial charge is 0.343 e. The van der Waals surface area contributed by atoms with Crippen LogP contribution in [0.15, 0.2) is 88.4 Å². The van der Waals surface area contributed by atoms with Crippen molar-refractivity contribution in [3.8, 4) is 34.1 Å². The number of methoxy groups -OCH3 is 1. The van der Waals surface area contributed by atoms with E-state index in [9.17, 15) is 9.59 Å². The van der Waals surface area contributed by atoms with Crippen molar-refractivity contribution in [1.29, 1.82) is 0 Å². The Balaban J connectivity index is 1.41. The number of fused-ring (bicyclic) bond motifs is 1. The number of rotatable bonds is 11. The molecule has 230 valence electrons. The first-order chi connectivity index (χ1) is 21.9. The summed E-state index contributed by atoms with van der Waals surface area (Å²) in [6.45, 7) is 4.58. The number of esters is 1. The van der Waals surface area contributed by atoms with Gasteiger partial charge in [-0.2, -0.15) is 5.10 Å². The predicted molar refractivity (Wildman–Crippen MR) is 178 cm³/mol. The first kappa shape index (κ1) is 31.6. The molecule has 0 aliphatic carbocycles. The fraction of sp³-hybridized carbons (Fsp3) is 0.147. The van der Waals surface area contributed by atoms with Crippen LogP contribution < -0.4 is 24.4 Å². The van der Waals surface area contributed by atoms with Crippen LogP contribution >= 0.6 is 27.5 Å². The maximum atomic E-state index is 13.6. The molecule has 1 heterocycles. The van der Waals surface area contributed by atoms with Crippen molar-refractivity contribution in [1.82, 2.24) is 10.4 Å². The molecule has 0 bridgehead atoms. The fourth-order valence-electron chi connectivity index (χ4n) is 4.75. The molecule has 11 heteroatoms. The van der Waals surface area contributed by atoms with E-state index < -0.39 is 11.9 Å². The topological polar surface area (TPSA) is 111 Å². The molecule has 0 saturated carbocycles. The van der Waals surface area contributed by atoms with Crippen molar-refractivity contribution in [3.05, 3.63) is 105 Å². The molecule has 1 aromatic heterocycles. The Morgan fingerprint density at radius 3 is 2.38 bits per heavy atom. The largest absolute Gasteiger partial charge is 0.495 e. The number of ether oxygens (including phenoxy) is 4. The van der Waals surface area contributed by atoms with Gasteiger partial charge in [0.2, 0.25) is 0 Å². The van der Waals surface area contributed by atoms with E-state index in [1.807, 2.05) is 38.1 Å². The number of hydrogen-bond donors (Lipinski definition) is 2. The van der Waals surface area contributed by atoms with Crippen molar-refractivity contribution in [3.63, 3.8) is 0 Å². The molecule has 0 saturated heterocycles. The molecule has 1 amide bonds. The van der Waals surface area contributed by atoms with E-state index in [1.165, 1.54) is 6.21 Å². The summed E-state index contributed by atoms with van der Waals surface area (Å²) in [5.74, 6) is 0.690. The number of amides is 1. The van der Waals surface area contributed by atoms with Gasteiger partial charge in [0.15, 0.2) is 11.5 Å². The highest BCUT2D eigenvalue weighted by molar-refractivity contribution is 9.10. The molecule has 45 heavy (non-hydrogen) atoms. The van der Waals surface area contributed by atoms with E-state index in [4.69, 9.17) is 30.5 Å². The zero-order valence-corrected chi connectivity index (χ0v) is 27.0. The first-order valence-corrected chi connectivity index (χ1v) is 15.2. The van der Waals surface area contributed by atoms with Gasteiger partial charge in [-0.3, -0.25) is 4.79 Å². The molecular formula is C34H29BrClN3O6. The average molecular weight is 691 g/mol. The number of H-pyrrole nitrogens is 1. The summed E-state index contributed by atoms with van der Waals surface area (Å²) in [5, 5.41) is 5.38. The minimum atomic E-state index is -0.592. The van der Waals surface area contributed by atoms with E-state index in [0.29, 0.717) is 57.7 Å². The number of para-hydroxylation sites is 1. The van der Waals surface area contributed by atoms with Crippen molar-refractivity contribution in [2.75, 3.05) is 20.3 Å². The summed E-state index contributed by atoms with van der Waals surface area (Å²) in [7, 11) is 1.56. The van der Waals surface area contributed by atoms with Crippen LogP contribution in [0.25, 0.3) is 22.0 Å². The van der Waals surface area contributed by atoms with Gasteiger partial charge in [-0.1, -0.05) is 57.9 Å².